The molecule has 2 aliphatic rings. The molecule has 35 nitrogen and oxygen atoms in total. The lowest BCUT2D eigenvalue weighted by Gasteiger charge is -2.41. The molecule has 1 aliphatic heterocycles. The first kappa shape index (κ1) is 68.6. The first-order valence-electron chi connectivity index (χ1n) is 26.7. The minimum Gasteiger partial charge on any atom is -0.545 e. The summed E-state index contributed by atoms with van der Waals surface area (Å²) in [4.78, 5) is 146. The second-order valence-corrected chi connectivity index (χ2v) is 18.5. The van der Waals surface area contributed by atoms with Gasteiger partial charge < -0.3 is 119 Å². The number of ether oxygens (including phenoxy) is 2. The number of alkyl carbamates (subject to hydrolysis) is 2. The van der Waals surface area contributed by atoms with Gasteiger partial charge in [-0.3, -0.25) is 5.32 Å². The van der Waals surface area contributed by atoms with Crippen molar-refractivity contribution in [2.75, 3.05) is 103 Å². The van der Waals surface area contributed by atoms with Crippen molar-refractivity contribution in [3.8, 4) is 22.5 Å². The fraction of sp³-hybridized carbons (Fsp3) is 0.423. The number of aromatic carboxylic acids is 1. The van der Waals surface area contributed by atoms with Gasteiger partial charge in [0.25, 0.3) is 6.17 Å². The number of hydrogen-bond acceptors (Lipinski definition) is 16. The average Bonchev–Trinajstić information content (AvgIpc) is 1.35. The van der Waals surface area contributed by atoms with Crippen LogP contribution in [0.3, 0.4) is 0 Å². The second kappa shape index (κ2) is 32.8. The van der Waals surface area contributed by atoms with Crippen molar-refractivity contribution in [1.82, 2.24) is 100 Å². The number of benzene rings is 3. The number of likely N-dealkylation sites (N-methyl/N-ethyl adjacent to an activating group) is 2. The van der Waals surface area contributed by atoms with Crippen LogP contribution in [0, 0.1) is 0 Å². The molecule has 1 heterocycles. The first-order chi connectivity index (χ1) is 41.5. The van der Waals surface area contributed by atoms with Crippen molar-refractivity contribution in [3.05, 3.63) is 71.6 Å². The van der Waals surface area contributed by atoms with Gasteiger partial charge in [0.2, 0.25) is 5.36 Å². The number of carboxylic acids is 1. The summed E-state index contributed by atoms with van der Waals surface area (Å²) in [5.41, 5.74) is 0.835. The molecule has 8 atom stereocenters. The average molecular weight is 1220 g/mol. The number of carbonyl (C=O) groups is 11. The number of anilines is 1. The van der Waals surface area contributed by atoms with Crippen LogP contribution in [-0.2, 0) is 9.47 Å². The molecule has 87 heavy (non-hydrogen) atoms. The van der Waals surface area contributed by atoms with E-state index >= 15 is 0 Å². The normalized spacial score (nSPS) is 13.7. The zero-order chi connectivity index (χ0) is 64.7. The van der Waals surface area contributed by atoms with Crippen molar-refractivity contribution in [2.24, 2.45) is 0 Å². The van der Waals surface area contributed by atoms with Gasteiger partial charge in [-0.1, -0.05) is 24.3 Å². The number of hydrogen-bond donors (Lipinski definition) is 18. The molecule has 18 amide bonds. The quantitative estimate of drug-likeness (QED) is 0.0194. The Morgan fingerprint density at radius 1 is 0.529 bits per heavy atom. The lowest BCUT2D eigenvalue weighted by atomic mass is 9.90. The number of nitrogens with zero attached hydrogens (tertiary/aromatic N) is 2. The summed E-state index contributed by atoms with van der Waals surface area (Å²) in [5, 5.41) is 59.0. The van der Waals surface area contributed by atoms with E-state index in [2.05, 4.69) is 95.7 Å². The van der Waals surface area contributed by atoms with Crippen LogP contribution in [0.5, 0.6) is 0 Å². The van der Waals surface area contributed by atoms with Crippen LogP contribution < -0.4 is 116 Å². The topological polar surface area (TPSA) is 465 Å². The maximum Gasteiger partial charge on any atom is 0.407 e. The monoisotopic (exact) mass is 1220 g/mol. The molecule has 0 spiro atoms. The van der Waals surface area contributed by atoms with Crippen molar-refractivity contribution in [1.29, 1.82) is 0 Å². The summed E-state index contributed by atoms with van der Waals surface area (Å²) >= 11 is 0. The van der Waals surface area contributed by atoms with E-state index in [9.17, 15) is 57.8 Å². The number of carboxylic acid groups (broad SMARTS) is 1. The molecule has 4 rings (SSSR count). The molecule has 0 bridgehead atoms. The van der Waals surface area contributed by atoms with Crippen LogP contribution in [0.15, 0.2) is 65.1 Å². The summed E-state index contributed by atoms with van der Waals surface area (Å²) in [6, 6.07) is 3.39. The Morgan fingerprint density at radius 3 is 1.60 bits per heavy atom. The zero-order valence-electron chi connectivity index (χ0n) is 49.8. The van der Waals surface area contributed by atoms with Crippen molar-refractivity contribution >= 4 is 83.1 Å². The highest BCUT2D eigenvalue weighted by molar-refractivity contribution is 6.07. The highest BCUT2D eigenvalue weighted by Crippen LogP contribution is 2.42. The predicted molar refractivity (Wildman–Crippen MR) is 314 cm³/mol. The van der Waals surface area contributed by atoms with Crippen LogP contribution >= 0.6 is 0 Å². The number of amides is 18. The van der Waals surface area contributed by atoms with Crippen LogP contribution in [0.4, 0.5) is 53.6 Å². The van der Waals surface area contributed by atoms with Gasteiger partial charge in [-0.15, -0.1) is 0 Å². The second-order valence-electron chi connectivity index (χ2n) is 18.5. The predicted octanol–water partition coefficient (Wildman–Crippen LogP) is -3.59. The largest absolute Gasteiger partial charge is 0.545 e. The maximum atomic E-state index is 13.6. The molecule has 2 aromatic carbocycles. The molecule has 0 saturated carbocycles. The van der Waals surface area contributed by atoms with Gasteiger partial charge in [0, 0.05) is 124 Å². The molecule has 0 aromatic heterocycles. The highest BCUT2D eigenvalue weighted by Gasteiger charge is 2.45. The van der Waals surface area contributed by atoms with E-state index in [1.807, 2.05) is 0 Å². The lowest BCUT2D eigenvalue weighted by Crippen LogP contribution is -2.73. The Balaban J connectivity index is 2.20. The maximum absolute atomic E-state index is 13.6. The molecular weight excluding hydrogens is 1140 g/mol. The number of urea groups is 8. The van der Waals surface area contributed by atoms with E-state index in [0.29, 0.717) is 16.5 Å². The van der Waals surface area contributed by atoms with Crippen molar-refractivity contribution < 1.29 is 71.7 Å². The summed E-state index contributed by atoms with van der Waals surface area (Å²) in [6.45, 7) is -0.866. The van der Waals surface area contributed by atoms with Crippen LogP contribution in [0.2, 0.25) is 0 Å². The van der Waals surface area contributed by atoms with Gasteiger partial charge in [0.15, 0.2) is 6.10 Å². The van der Waals surface area contributed by atoms with E-state index < -0.39 is 122 Å². The smallest absolute Gasteiger partial charge is 0.407 e. The summed E-state index contributed by atoms with van der Waals surface area (Å²) in [5.74, 6) is -1.46. The SMILES string of the molecule is CNC(=O)NCC(NC(=O)NC)C(NC(=O)NC)C(NC(=O)NC)C(NC(=O)NC)/[N+](C)=c1\ccc2c(-c3ccccc3C(=O)[O-])c3ccc(N(C)C(NC(=O)NC)C(OC(=O)NC)C(NC(=O)NC)C(CNC(=O)NC)OC(=O)NC)cc3oc-2c1. The van der Waals surface area contributed by atoms with Gasteiger partial charge in [-0.25, -0.2) is 52.5 Å². The Morgan fingerprint density at radius 2 is 1.03 bits per heavy atom. The van der Waals surface area contributed by atoms with E-state index in [-0.39, 0.29) is 40.1 Å². The molecule has 1 aliphatic carbocycles. The molecular formula is C52H76N20O15. The van der Waals surface area contributed by atoms with Crippen LogP contribution in [0.1, 0.15) is 10.4 Å². The number of nitrogens with one attached hydrogen (secondary N) is 18. The zero-order valence-corrected chi connectivity index (χ0v) is 49.8. The molecule has 18 N–H and O–H groups in total. The Bertz CT molecular complexity index is 3180. The third-order valence-corrected chi connectivity index (χ3v) is 13.4. The van der Waals surface area contributed by atoms with Gasteiger partial charge in [0.05, 0.1) is 30.7 Å². The van der Waals surface area contributed by atoms with Gasteiger partial charge in [0.1, 0.15) is 42.7 Å². The molecule has 8 unspecified atom stereocenters. The standard InChI is InChI=1S/C52H76N20O15/c1-53-43(75)63-23-31(65-45(77)55-3)36(66-46(78)56-4)38(68-48(80)58-6)40(69-49(81)59-7)71(11)25-17-19-29-32(21-25)85-33-22-26(18-20-30(33)35(29)27-15-13-14-16-28(27)42(73)74)72(12)41(70-50(82)60-8)39(87-52(84)62-10)37(67-47(79)57-5)34(86-51(83)61-9)24-64-44(76)54-2/h13-22,31,34,36-41H,23-24H2,1-12H3,(H18-,53,54,55,56,57,58,59,60,61,62,63,64,65,66,67,68,69,70,73,74,75,76,77,78,79,80,81,82,83,84). The number of carbonyl (C=O) groups excluding carboxylic acids is 11. The minimum atomic E-state index is -1.75. The highest BCUT2D eigenvalue weighted by atomic mass is 16.6. The van der Waals surface area contributed by atoms with E-state index in [1.165, 1.54) is 118 Å². The first-order valence-corrected chi connectivity index (χ1v) is 26.7. The Labute approximate surface area is 499 Å². The third kappa shape index (κ3) is 18.3. The molecule has 474 valence electrons. The van der Waals surface area contributed by atoms with E-state index in [4.69, 9.17) is 13.9 Å². The van der Waals surface area contributed by atoms with Gasteiger partial charge in [-0.05, 0) is 23.8 Å². The summed E-state index contributed by atoms with van der Waals surface area (Å²) in [6.07, 6.45) is -8.38. The minimum absolute atomic E-state index is 0.0497. The van der Waals surface area contributed by atoms with Crippen LogP contribution in [-0.4, -0.2) is 213 Å². The van der Waals surface area contributed by atoms with E-state index in [1.54, 1.807) is 36.4 Å². The summed E-state index contributed by atoms with van der Waals surface area (Å²) < 4.78 is 19.9. The molecule has 35 heteroatoms. The molecule has 0 saturated heterocycles. The van der Waals surface area contributed by atoms with Gasteiger partial charge in [-0.2, -0.15) is 0 Å². The fourth-order valence-electron chi connectivity index (χ4n) is 8.94. The Hall–Kier alpha value is -10.9. The summed E-state index contributed by atoms with van der Waals surface area (Å²) in [7, 11) is 16.0. The molecule has 0 radical (unpaired) electrons. The van der Waals surface area contributed by atoms with Crippen LogP contribution in [0.25, 0.3) is 33.4 Å². The van der Waals surface area contributed by atoms with E-state index in [0.717, 1.165) is 0 Å². The molecule has 2 aromatic rings. The lowest BCUT2D eigenvalue weighted by molar-refractivity contribution is -0.255. The van der Waals surface area contributed by atoms with Crippen molar-refractivity contribution in [3.63, 3.8) is 0 Å². The number of rotatable bonds is 23. The molecule has 0 fully saturated rings. The Kier molecular flexibility index (Phi) is 25.9. The van der Waals surface area contributed by atoms with Crippen molar-refractivity contribution in [2.45, 2.75) is 48.7 Å². The third-order valence-electron chi connectivity index (χ3n) is 13.4. The fourth-order valence-corrected chi connectivity index (χ4v) is 8.94. The van der Waals surface area contributed by atoms with Gasteiger partial charge >= 0.3 is 60.4 Å². The number of fused-ring (bicyclic) bond motifs is 2.